The average molecular weight is 382 g/mol. The molecular weight excluding hydrogens is 361 g/mol. The normalized spacial score (nSPS) is 11.3. The molecule has 0 saturated carbocycles. The molecule has 0 aliphatic carbocycles. The van der Waals surface area contributed by atoms with Crippen LogP contribution in [0.4, 0.5) is 13.2 Å². The third kappa shape index (κ3) is 6.82. The predicted molar refractivity (Wildman–Crippen MR) is 94.3 cm³/mol. The molecule has 0 radical (unpaired) electrons. The van der Waals surface area contributed by atoms with Crippen molar-refractivity contribution in [3.8, 4) is 11.5 Å². The highest BCUT2D eigenvalue weighted by molar-refractivity contribution is 5.78. The van der Waals surface area contributed by atoms with E-state index < -0.39 is 6.36 Å². The number of hydrogen-bond donors (Lipinski definition) is 1. The molecule has 0 spiro atoms. The van der Waals surface area contributed by atoms with E-state index in [0.717, 1.165) is 5.56 Å². The number of ether oxygens (including phenoxy) is 2. The van der Waals surface area contributed by atoms with Gasteiger partial charge in [-0.2, -0.15) is 0 Å². The molecule has 27 heavy (non-hydrogen) atoms. The number of para-hydroxylation sites is 2. The number of methoxy groups -OCH3 is 1. The van der Waals surface area contributed by atoms with Crippen molar-refractivity contribution in [3.63, 3.8) is 0 Å². The number of rotatable bonds is 8. The second-order valence-corrected chi connectivity index (χ2v) is 5.92. The Labute approximate surface area is 155 Å². The highest BCUT2D eigenvalue weighted by Gasteiger charge is 2.32. The van der Waals surface area contributed by atoms with Crippen molar-refractivity contribution >= 4 is 5.91 Å². The first-order valence-electron chi connectivity index (χ1n) is 8.19. The van der Waals surface area contributed by atoms with Gasteiger partial charge in [-0.1, -0.05) is 36.4 Å². The Morgan fingerprint density at radius 3 is 2.26 bits per heavy atom. The first kappa shape index (κ1) is 20.6. The summed E-state index contributed by atoms with van der Waals surface area (Å²) in [5, 5.41) is 2.77. The monoisotopic (exact) mass is 382 g/mol. The Balaban J connectivity index is 1.90. The van der Waals surface area contributed by atoms with E-state index in [2.05, 4.69) is 10.1 Å². The molecule has 0 aromatic heterocycles. The standard InChI is InChI=1S/C19H21F3N2O3/c1-24(12-15-8-4-6-10-17(15)27-19(20,21)22)13-18(25)23-11-14-7-3-5-9-16(14)26-2/h3-10H,11-13H2,1-2H3,(H,23,25). The van der Waals surface area contributed by atoms with E-state index in [-0.39, 0.29) is 24.7 Å². The number of halogens is 3. The number of likely N-dealkylation sites (N-methyl/N-ethyl adjacent to an activating group) is 1. The molecule has 146 valence electrons. The van der Waals surface area contributed by atoms with Gasteiger partial charge in [0, 0.05) is 24.2 Å². The molecule has 0 atom stereocenters. The lowest BCUT2D eigenvalue weighted by Crippen LogP contribution is -2.34. The van der Waals surface area contributed by atoms with Gasteiger partial charge in [-0.25, -0.2) is 0 Å². The Bertz CT molecular complexity index is 766. The van der Waals surface area contributed by atoms with Gasteiger partial charge in [0.05, 0.1) is 13.7 Å². The van der Waals surface area contributed by atoms with Gasteiger partial charge < -0.3 is 14.8 Å². The second-order valence-electron chi connectivity index (χ2n) is 5.92. The molecule has 0 aliphatic rings. The van der Waals surface area contributed by atoms with Crippen LogP contribution < -0.4 is 14.8 Å². The highest BCUT2D eigenvalue weighted by atomic mass is 19.4. The quantitative estimate of drug-likeness (QED) is 0.761. The Kier molecular flexibility index (Phi) is 7.06. The van der Waals surface area contributed by atoms with Gasteiger partial charge in [-0.05, 0) is 19.2 Å². The fourth-order valence-corrected chi connectivity index (χ4v) is 2.55. The molecule has 0 heterocycles. The minimum Gasteiger partial charge on any atom is -0.496 e. The molecule has 1 N–H and O–H groups in total. The summed E-state index contributed by atoms with van der Waals surface area (Å²) >= 11 is 0. The van der Waals surface area contributed by atoms with Gasteiger partial charge >= 0.3 is 6.36 Å². The van der Waals surface area contributed by atoms with Crippen molar-refractivity contribution in [2.45, 2.75) is 19.5 Å². The Hall–Kier alpha value is -2.74. The van der Waals surface area contributed by atoms with E-state index in [1.54, 1.807) is 31.2 Å². The van der Waals surface area contributed by atoms with Crippen molar-refractivity contribution in [1.29, 1.82) is 0 Å². The fraction of sp³-hybridized carbons (Fsp3) is 0.316. The zero-order valence-electron chi connectivity index (χ0n) is 15.0. The number of hydrogen-bond acceptors (Lipinski definition) is 4. The Morgan fingerprint density at radius 1 is 1.04 bits per heavy atom. The maximum absolute atomic E-state index is 12.5. The zero-order chi connectivity index (χ0) is 19.9. The third-order valence-electron chi connectivity index (χ3n) is 3.72. The maximum Gasteiger partial charge on any atom is 0.573 e. The van der Waals surface area contributed by atoms with Crippen molar-refractivity contribution in [2.24, 2.45) is 0 Å². The topological polar surface area (TPSA) is 50.8 Å². The molecule has 2 aromatic rings. The summed E-state index contributed by atoms with van der Waals surface area (Å²) in [7, 11) is 3.20. The number of alkyl halides is 3. The van der Waals surface area contributed by atoms with Gasteiger partial charge in [-0.3, -0.25) is 9.69 Å². The van der Waals surface area contributed by atoms with Crippen LogP contribution >= 0.6 is 0 Å². The first-order valence-corrected chi connectivity index (χ1v) is 8.19. The van der Waals surface area contributed by atoms with Crippen LogP contribution in [0.25, 0.3) is 0 Å². The second kappa shape index (κ2) is 9.27. The Morgan fingerprint density at radius 2 is 1.63 bits per heavy atom. The van der Waals surface area contributed by atoms with Crippen LogP contribution in [0.15, 0.2) is 48.5 Å². The number of carbonyl (C=O) groups is 1. The van der Waals surface area contributed by atoms with Crippen LogP contribution in [0, 0.1) is 0 Å². The zero-order valence-corrected chi connectivity index (χ0v) is 15.0. The van der Waals surface area contributed by atoms with Crippen LogP contribution in [0.3, 0.4) is 0 Å². The summed E-state index contributed by atoms with van der Waals surface area (Å²) in [5.74, 6) is 0.147. The highest BCUT2D eigenvalue weighted by Crippen LogP contribution is 2.26. The number of benzene rings is 2. The van der Waals surface area contributed by atoms with Gasteiger partial charge in [0.25, 0.3) is 0 Å². The minimum absolute atomic E-state index is 0.0233. The third-order valence-corrected chi connectivity index (χ3v) is 3.72. The molecule has 0 unspecified atom stereocenters. The SMILES string of the molecule is COc1ccccc1CNC(=O)CN(C)Cc1ccccc1OC(F)(F)F. The van der Waals surface area contributed by atoms with E-state index in [0.29, 0.717) is 17.9 Å². The van der Waals surface area contributed by atoms with E-state index >= 15 is 0 Å². The molecule has 0 saturated heterocycles. The lowest BCUT2D eigenvalue weighted by Gasteiger charge is -2.19. The summed E-state index contributed by atoms with van der Waals surface area (Å²) in [5.41, 5.74) is 1.18. The average Bonchev–Trinajstić information content (AvgIpc) is 2.60. The number of nitrogens with one attached hydrogen (secondary N) is 1. The summed E-state index contributed by atoms with van der Waals surface area (Å²) in [6.45, 7) is 0.453. The van der Waals surface area contributed by atoms with Gasteiger partial charge in [0.15, 0.2) is 0 Å². The molecule has 0 fully saturated rings. The van der Waals surface area contributed by atoms with Gasteiger partial charge in [0.1, 0.15) is 11.5 Å². The molecule has 1 amide bonds. The van der Waals surface area contributed by atoms with Crippen LogP contribution in [-0.4, -0.2) is 37.9 Å². The van der Waals surface area contributed by atoms with Gasteiger partial charge in [-0.15, -0.1) is 13.2 Å². The largest absolute Gasteiger partial charge is 0.573 e. The van der Waals surface area contributed by atoms with Crippen LogP contribution in [0.1, 0.15) is 11.1 Å². The summed E-state index contributed by atoms with van der Waals surface area (Å²) in [4.78, 5) is 13.7. The van der Waals surface area contributed by atoms with Crippen molar-refractivity contribution < 1.29 is 27.4 Å². The molecular formula is C19H21F3N2O3. The predicted octanol–water partition coefficient (Wildman–Crippen LogP) is 3.34. The smallest absolute Gasteiger partial charge is 0.496 e. The fourth-order valence-electron chi connectivity index (χ4n) is 2.55. The number of amides is 1. The van der Waals surface area contributed by atoms with Crippen LogP contribution in [0.2, 0.25) is 0 Å². The minimum atomic E-state index is -4.76. The van der Waals surface area contributed by atoms with Crippen LogP contribution in [0.5, 0.6) is 11.5 Å². The number of nitrogens with zero attached hydrogens (tertiary/aromatic N) is 1. The molecule has 0 aliphatic heterocycles. The first-order chi connectivity index (χ1) is 12.8. The van der Waals surface area contributed by atoms with Crippen LogP contribution in [-0.2, 0) is 17.9 Å². The molecule has 5 nitrogen and oxygen atoms in total. The summed E-state index contributed by atoms with van der Waals surface area (Å²) in [6, 6.07) is 13.2. The summed E-state index contributed by atoms with van der Waals surface area (Å²) in [6.07, 6.45) is -4.76. The lowest BCUT2D eigenvalue weighted by molar-refractivity contribution is -0.275. The molecule has 2 rings (SSSR count). The van der Waals surface area contributed by atoms with E-state index in [4.69, 9.17) is 4.74 Å². The van der Waals surface area contributed by atoms with E-state index in [9.17, 15) is 18.0 Å². The molecule has 2 aromatic carbocycles. The lowest BCUT2D eigenvalue weighted by atomic mass is 10.2. The van der Waals surface area contributed by atoms with Crippen molar-refractivity contribution in [2.75, 3.05) is 20.7 Å². The van der Waals surface area contributed by atoms with Crippen molar-refractivity contribution in [3.05, 3.63) is 59.7 Å². The number of carbonyl (C=O) groups excluding carboxylic acids is 1. The summed E-state index contributed by atoms with van der Waals surface area (Å²) < 4.78 is 46.7. The molecule has 8 heteroatoms. The van der Waals surface area contributed by atoms with Crippen molar-refractivity contribution in [1.82, 2.24) is 10.2 Å². The molecule has 0 bridgehead atoms. The van der Waals surface area contributed by atoms with E-state index in [1.165, 1.54) is 18.2 Å². The van der Waals surface area contributed by atoms with Gasteiger partial charge in [0.2, 0.25) is 5.91 Å². The maximum atomic E-state index is 12.5. The van der Waals surface area contributed by atoms with E-state index in [1.807, 2.05) is 18.2 Å².